The van der Waals surface area contributed by atoms with Gasteiger partial charge in [0.25, 0.3) is 5.91 Å². The molecule has 0 saturated carbocycles. The largest absolute Gasteiger partial charge is 0.444 e. The molecule has 0 aromatic carbocycles. The second-order valence-corrected chi connectivity index (χ2v) is 13.7. The van der Waals surface area contributed by atoms with E-state index in [1.165, 1.54) is 9.96 Å². The first kappa shape index (κ1) is 35.2. The van der Waals surface area contributed by atoms with Gasteiger partial charge in [0.05, 0.1) is 12.6 Å². The van der Waals surface area contributed by atoms with Gasteiger partial charge >= 0.3 is 18.2 Å². The van der Waals surface area contributed by atoms with Crippen LogP contribution in [0.2, 0.25) is 0 Å². The highest BCUT2D eigenvalue weighted by Crippen LogP contribution is 2.30. The lowest BCUT2D eigenvalue weighted by molar-refractivity contribution is -0.132. The monoisotopic (exact) mass is 624 g/mol. The highest BCUT2D eigenvalue weighted by Gasteiger charge is 2.48. The zero-order valence-corrected chi connectivity index (χ0v) is 27.5. The summed E-state index contributed by atoms with van der Waals surface area (Å²) in [6, 6.07) is -1.25. The summed E-state index contributed by atoms with van der Waals surface area (Å²) in [7, 11) is 0. The first-order valence-electron chi connectivity index (χ1n) is 15.9. The molecule has 0 aromatic heterocycles. The molecule has 0 aromatic rings. The van der Waals surface area contributed by atoms with E-state index < -0.39 is 35.2 Å². The Labute approximate surface area is 261 Å². The van der Waals surface area contributed by atoms with Gasteiger partial charge in [0.1, 0.15) is 17.2 Å². The zero-order valence-electron chi connectivity index (χ0n) is 27.5. The fraction of sp³-hybridized carbons (Fsp3) is 0.833. The third-order valence-corrected chi connectivity index (χ3v) is 7.67. The van der Waals surface area contributed by atoms with E-state index >= 15 is 0 Å². The highest BCUT2D eigenvalue weighted by atomic mass is 16.7. The number of hydroxylamine groups is 2. The van der Waals surface area contributed by atoms with Crippen molar-refractivity contribution in [2.45, 2.75) is 129 Å². The van der Waals surface area contributed by atoms with Crippen molar-refractivity contribution in [3.63, 3.8) is 0 Å². The number of rotatable bonds is 10. The Morgan fingerprint density at radius 1 is 0.909 bits per heavy atom. The Balaban J connectivity index is 1.47. The number of piperidine rings is 2. The molecule has 6 amide bonds. The van der Waals surface area contributed by atoms with Gasteiger partial charge in [-0.2, -0.15) is 5.06 Å². The summed E-state index contributed by atoms with van der Waals surface area (Å²) in [5.74, 6) is -0.860. The fourth-order valence-electron chi connectivity index (χ4n) is 5.49. The molecule has 3 rings (SSSR count). The summed E-state index contributed by atoms with van der Waals surface area (Å²) in [5.41, 5.74) is 3.63. The molecule has 3 heterocycles. The number of likely N-dealkylation sites (tertiary alicyclic amines) is 1. The number of amides is 6. The maximum atomic E-state index is 13.1. The van der Waals surface area contributed by atoms with Gasteiger partial charge in [-0.3, -0.25) is 25.3 Å². The predicted octanol–water partition coefficient (Wildman–Crippen LogP) is 3.55. The summed E-state index contributed by atoms with van der Waals surface area (Å²) in [6.07, 6.45) is 3.57. The summed E-state index contributed by atoms with van der Waals surface area (Å²) >= 11 is 0. The molecule has 0 spiro atoms. The number of unbranched alkanes of at least 4 members (excludes halogenated alkanes) is 1. The minimum Gasteiger partial charge on any atom is -0.444 e. The molecule has 0 unspecified atom stereocenters. The van der Waals surface area contributed by atoms with Crippen LogP contribution >= 0.6 is 0 Å². The summed E-state index contributed by atoms with van der Waals surface area (Å²) in [4.78, 5) is 74.3. The maximum Gasteiger partial charge on any atom is 0.410 e. The second-order valence-electron chi connectivity index (χ2n) is 13.7. The lowest BCUT2D eigenvalue weighted by Crippen LogP contribution is -2.54. The maximum absolute atomic E-state index is 13.1. The molecule has 0 aliphatic carbocycles. The number of urea groups is 1. The molecule has 44 heavy (non-hydrogen) atoms. The van der Waals surface area contributed by atoms with E-state index in [0.717, 1.165) is 12.8 Å². The summed E-state index contributed by atoms with van der Waals surface area (Å²) < 4.78 is 11.1. The smallest absolute Gasteiger partial charge is 0.410 e. The molecule has 14 heteroatoms. The number of carbonyl (C=O) groups is 5. The molecule has 3 aliphatic rings. The summed E-state index contributed by atoms with van der Waals surface area (Å²) in [6.45, 7) is 14.9. The van der Waals surface area contributed by atoms with Gasteiger partial charge in [-0.1, -0.05) is 13.3 Å². The molecule has 250 valence electrons. The standard InChI is InChI=1S/C30H52N6O8/c1-8-9-19-42-36-22-12-13-23(35(20-22)26(36)39)25(38)32-31-24(37)11-10-16-34(28(41)44-30(5,6)7)21-14-17-33(18-15-21)27(40)43-29(2,3)4/h21-23H,8-20H2,1-7H3,(H,31,37)(H,32,38)/t22-,23-/m0/s1. The topological polar surface area (TPSA) is 150 Å². The molecule has 0 radical (unpaired) electrons. The average Bonchev–Trinajstić information content (AvgIpc) is 3.17. The van der Waals surface area contributed by atoms with Crippen molar-refractivity contribution in [3.8, 4) is 0 Å². The SMILES string of the molecule is CCCCON1C(=O)N2C[C@@H]1CC[C@H]2C(=O)NNC(=O)CCCN(C(=O)OC(C)(C)C)C1CCN(C(=O)OC(C)(C)C)CC1. The minimum atomic E-state index is -0.692. The van der Waals surface area contributed by atoms with Crippen LogP contribution in [0.4, 0.5) is 14.4 Å². The van der Waals surface area contributed by atoms with Crippen molar-refractivity contribution >= 4 is 30.0 Å². The fourth-order valence-corrected chi connectivity index (χ4v) is 5.49. The van der Waals surface area contributed by atoms with Gasteiger partial charge in [-0.15, -0.1) is 0 Å². The minimum absolute atomic E-state index is 0.0603. The van der Waals surface area contributed by atoms with Crippen molar-refractivity contribution in [1.29, 1.82) is 0 Å². The van der Waals surface area contributed by atoms with E-state index in [2.05, 4.69) is 10.9 Å². The van der Waals surface area contributed by atoms with E-state index in [9.17, 15) is 24.0 Å². The molecule has 3 aliphatic heterocycles. The Kier molecular flexibility index (Phi) is 12.1. The molecular weight excluding hydrogens is 572 g/mol. The molecule has 14 nitrogen and oxygen atoms in total. The van der Waals surface area contributed by atoms with Crippen LogP contribution in [-0.2, 0) is 23.9 Å². The predicted molar refractivity (Wildman–Crippen MR) is 161 cm³/mol. The number of nitrogens with one attached hydrogen (secondary N) is 2. The van der Waals surface area contributed by atoms with Gasteiger partial charge in [0.2, 0.25) is 5.91 Å². The number of nitrogens with zero attached hydrogens (tertiary/aromatic N) is 4. The van der Waals surface area contributed by atoms with Crippen LogP contribution in [0.1, 0.15) is 99.8 Å². The first-order valence-corrected chi connectivity index (χ1v) is 15.9. The van der Waals surface area contributed by atoms with Crippen molar-refractivity contribution in [3.05, 3.63) is 0 Å². The van der Waals surface area contributed by atoms with Crippen molar-refractivity contribution in [2.75, 3.05) is 32.8 Å². The van der Waals surface area contributed by atoms with E-state index in [0.29, 0.717) is 58.3 Å². The van der Waals surface area contributed by atoms with E-state index in [1.807, 2.05) is 27.7 Å². The van der Waals surface area contributed by atoms with Crippen molar-refractivity contribution in [1.82, 2.24) is 30.6 Å². The van der Waals surface area contributed by atoms with Gasteiger partial charge in [0.15, 0.2) is 0 Å². The lowest BCUT2D eigenvalue weighted by Gasteiger charge is -2.39. The van der Waals surface area contributed by atoms with Gasteiger partial charge in [-0.25, -0.2) is 14.4 Å². The third kappa shape index (κ3) is 10.1. The van der Waals surface area contributed by atoms with E-state index in [4.69, 9.17) is 14.3 Å². The number of hydrogen-bond acceptors (Lipinski definition) is 8. The van der Waals surface area contributed by atoms with Crippen LogP contribution in [0.15, 0.2) is 0 Å². The number of carbonyl (C=O) groups excluding carboxylic acids is 5. The first-order chi connectivity index (χ1) is 20.6. The Hall–Kier alpha value is -3.29. The molecule has 2 bridgehead atoms. The molecule has 3 fully saturated rings. The molecule has 3 saturated heterocycles. The molecule has 2 N–H and O–H groups in total. The normalized spacial score (nSPS) is 20.8. The van der Waals surface area contributed by atoms with Crippen LogP contribution in [-0.4, -0.2) is 112 Å². The number of hydrazine groups is 1. The van der Waals surface area contributed by atoms with Crippen LogP contribution < -0.4 is 10.9 Å². The number of fused-ring (bicyclic) bond motifs is 2. The quantitative estimate of drug-likeness (QED) is 0.277. The lowest BCUT2D eigenvalue weighted by atomic mass is 10.0. The van der Waals surface area contributed by atoms with Crippen molar-refractivity contribution in [2.24, 2.45) is 0 Å². The van der Waals surface area contributed by atoms with Gasteiger partial charge in [0, 0.05) is 38.6 Å². The second kappa shape index (κ2) is 15.1. The zero-order chi connectivity index (χ0) is 32.7. The molecule has 2 atom stereocenters. The van der Waals surface area contributed by atoms with Crippen LogP contribution in [0, 0.1) is 0 Å². The highest BCUT2D eigenvalue weighted by molar-refractivity contribution is 5.90. The van der Waals surface area contributed by atoms with Crippen molar-refractivity contribution < 1.29 is 38.3 Å². The van der Waals surface area contributed by atoms with Gasteiger partial charge in [-0.05, 0) is 80.1 Å². The number of ether oxygens (including phenoxy) is 2. The summed E-state index contributed by atoms with van der Waals surface area (Å²) in [5, 5.41) is 1.39. The van der Waals surface area contributed by atoms with E-state index in [-0.39, 0.29) is 37.2 Å². The Morgan fingerprint density at radius 2 is 1.57 bits per heavy atom. The Bertz CT molecular complexity index is 1030. The van der Waals surface area contributed by atoms with Crippen LogP contribution in [0.5, 0.6) is 0 Å². The van der Waals surface area contributed by atoms with Crippen LogP contribution in [0.3, 0.4) is 0 Å². The number of hydrogen-bond donors (Lipinski definition) is 2. The average molecular weight is 625 g/mol. The van der Waals surface area contributed by atoms with E-state index in [1.54, 1.807) is 30.6 Å². The van der Waals surface area contributed by atoms with Gasteiger partial charge < -0.3 is 24.2 Å². The molecular formula is C30H52N6O8. The Morgan fingerprint density at radius 3 is 2.18 bits per heavy atom. The van der Waals surface area contributed by atoms with Crippen LogP contribution in [0.25, 0.3) is 0 Å². The third-order valence-electron chi connectivity index (χ3n) is 7.67.